The van der Waals surface area contributed by atoms with Crippen LogP contribution in [0.25, 0.3) is 0 Å². The zero-order chi connectivity index (χ0) is 21.3. The minimum atomic E-state index is -0.152. The number of aromatic nitrogens is 2. The largest absolute Gasteiger partial charge is 0.326 e. The van der Waals surface area contributed by atoms with Crippen molar-refractivity contribution in [2.75, 3.05) is 22.1 Å². The van der Waals surface area contributed by atoms with Gasteiger partial charge >= 0.3 is 0 Å². The number of halogens is 1. The van der Waals surface area contributed by atoms with Crippen molar-refractivity contribution < 1.29 is 9.59 Å². The van der Waals surface area contributed by atoms with Gasteiger partial charge in [-0.25, -0.2) is 0 Å². The summed E-state index contributed by atoms with van der Waals surface area (Å²) in [6.07, 6.45) is 0.261. The predicted molar refractivity (Wildman–Crippen MR) is 126 cm³/mol. The molecular weight excluding hydrogens is 460 g/mol. The lowest BCUT2D eigenvalue weighted by atomic mass is 10.1. The number of thioether (sulfide) groups is 2. The van der Waals surface area contributed by atoms with Crippen LogP contribution in [0.4, 0.5) is 10.8 Å². The molecule has 156 valence electrons. The first-order valence-electron chi connectivity index (χ1n) is 9.05. The Hall–Kier alpha value is -2.07. The molecule has 0 spiro atoms. The molecular formula is C20H19ClN4O2S3. The monoisotopic (exact) mass is 478 g/mol. The van der Waals surface area contributed by atoms with Crippen LogP contribution in [0.1, 0.15) is 12.5 Å². The number of hydrogen-bond acceptors (Lipinski definition) is 7. The molecule has 0 fully saturated rings. The summed E-state index contributed by atoms with van der Waals surface area (Å²) in [5, 5.41) is 7.46. The van der Waals surface area contributed by atoms with Gasteiger partial charge in [0.25, 0.3) is 0 Å². The third-order valence-electron chi connectivity index (χ3n) is 3.69. The number of anilines is 2. The van der Waals surface area contributed by atoms with Gasteiger partial charge in [0.1, 0.15) is 0 Å². The summed E-state index contributed by atoms with van der Waals surface area (Å²) < 4.78 is 4.18. The minimum Gasteiger partial charge on any atom is -0.326 e. The zero-order valence-electron chi connectivity index (χ0n) is 16.1. The van der Waals surface area contributed by atoms with Crippen LogP contribution in [0.2, 0.25) is 5.02 Å². The lowest BCUT2D eigenvalue weighted by Gasteiger charge is -2.08. The molecule has 0 saturated heterocycles. The molecule has 3 aromatic rings. The van der Waals surface area contributed by atoms with E-state index in [1.54, 1.807) is 12.1 Å². The van der Waals surface area contributed by atoms with Crippen molar-refractivity contribution in [3.8, 4) is 0 Å². The van der Waals surface area contributed by atoms with E-state index in [1.165, 1.54) is 35.1 Å². The van der Waals surface area contributed by atoms with Crippen molar-refractivity contribution in [3.05, 3.63) is 59.1 Å². The predicted octanol–water partition coefficient (Wildman–Crippen LogP) is 5.22. The first kappa shape index (κ1) is 22.6. The van der Waals surface area contributed by atoms with Crippen LogP contribution in [0.5, 0.6) is 0 Å². The Morgan fingerprint density at radius 3 is 2.63 bits per heavy atom. The Bertz CT molecular complexity index is 1010. The summed E-state index contributed by atoms with van der Waals surface area (Å²) in [4.78, 5) is 29.6. The number of carbonyl (C=O) groups excluding carboxylic acids is 2. The molecule has 0 atom stereocenters. The van der Waals surface area contributed by atoms with Crippen molar-refractivity contribution in [1.82, 2.24) is 9.36 Å². The van der Waals surface area contributed by atoms with Gasteiger partial charge in [-0.3, -0.25) is 14.9 Å². The normalized spacial score (nSPS) is 10.6. The second-order valence-electron chi connectivity index (χ2n) is 6.03. The van der Waals surface area contributed by atoms with E-state index in [-0.39, 0.29) is 24.0 Å². The van der Waals surface area contributed by atoms with Crippen molar-refractivity contribution in [3.63, 3.8) is 0 Å². The zero-order valence-corrected chi connectivity index (χ0v) is 19.3. The molecule has 0 radical (unpaired) electrons. The van der Waals surface area contributed by atoms with Gasteiger partial charge in [0.15, 0.2) is 0 Å². The number of nitrogens with one attached hydrogen (secondary N) is 2. The van der Waals surface area contributed by atoms with E-state index < -0.39 is 0 Å². The Morgan fingerprint density at radius 1 is 1.07 bits per heavy atom. The van der Waals surface area contributed by atoms with Crippen molar-refractivity contribution in [2.45, 2.75) is 23.4 Å². The van der Waals surface area contributed by atoms with Crippen LogP contribution in [-0.4, -0.2) is 32.7 Å². The lowest BCUT2D eigenvalue weighted by molar-refractivity contribution is -0.115. The highest BCUT2D eigenvalue weighted by Gasteiger charge is 2.10. The van der Waals surface area contributed by atoms with Gasteiger partial charge in [-0.15, -0.1) is 11.8 Å². The van der Waals surface area contributed by atoms with Crippen LogP contribution in [0, 0.1) is 0 Å². The van der Waals surface area contributed by atoms with Crippen molar-refractivity contribution in [2.24, 2.45) is 0 Å². The van der Waals surface area contributed by atoms with E-state index in [4.69, 9.17) is 11.6 Å². The second kappa shape index (κ2) is 11.4. The first-order valence-corrected chi connectivity index (χ1v) is 12.2. The van der Waals surface area contributed by atoms with E-state index >= 15 is 0 Å². The third kappa shape index (κ3) is 7.32. The Labute approximate surface area is 192 Å². The summed E-state index contributed by atoms with van der Waals surface area (Å²) in [6, 6.07) is 14.6. The number of carbonyl (C=O) groups is 2. The molecule has 3 rings (SSSR count). The summed E-state index contributed by atoms with van der Waals surface area (Å²) in [5.74, 6) is 0.848. The van der Waals surface area contributed by atoms with E-state index in [0.29, 0.717) is 21.0 Å². The highest BCUT2D eigenvalue weighted by atomic mass is 35.5. The van der Waals surface area contributed by atoms with Gasteiger partial charge in [0.05, 0.1) is 12.2 Å². The fourth-order valence-corrected chi connectivity index (χ4v) is 4.58. The van der Waals surface area contributed by atoms with E-state index in [2.05, 4.69) is 20.0 Å². The van der Waals surface area contributed by atoms with Crippen LogP contribution in [0.15, 0.2) is 58.6 Å². The molecule has 0 aliphatic carbocycles. The maximum absolute atomic E-state index is 12.3. The molecule has 0 unspecified atom stereocenters. The Kier molecular flexibility index (Phi) is 8.56. The van der Waals surface area contributed by atoms with Crippen LogP contribution in [-0.2, 0) is 16.0 Å². The topological polar surface area (TPSA) is 84.0 Å². The minimum absolute atomic E-state index is 0.116. The Morgan fingerprint density at radius 2 is 1.87 bits per heavy atom. The summed E-state index contributed by atoms with van der Waals surface area (Å²) in [7, 11) is 0. The van der Waals surface area contributed by atoms with Crippen LogP contribution < -0.4 is 10.6 Å². The molecule has 30 heavy (non-hydrogen) atoms. The highest BCUT2D eigenvalue weighted by molar-refractivity contribution is 8.00. The van der Waals surface area contributed by atoms with Gasteiger partial charge in [0.2, 0.25) is 22.1 Å². The second-order valence-corrected chi connectivity index (χ2v) is 9.50. The number of rotatable bonds is 9. The van der Waals surface area contributed by atoms with Crippen molar-refractivity contribution in [1.29, 1.82) is 0 Å². The molecule has 10 heteroatoms. The summed E-state index contributed by atoms with van der Waals surface area (Å²) in [5.41, 5.74) is 1.57. The lowest BCUT2D eigenvalue weighted by Crippen LogP contribution is -2.15. The van der Waals surface area contributed by atoms with E-state index in [0.717, 1.165) is 16.2 Å². The number of nitrogens with zero attached hydrogens (tertiary/aromatic N) is 2. The average molecular weight is 479 g/mol. The molecule has 0 aliphatic heterocycles. The fourth-order valence-electron chi connectivity index (χ4n) is 2.41. The molecule has 0 aliphatic rings. The number of benzene rings is 2. The van der Waals surface area contributed by atoms with Crippen molar-refractivity contribution >= 4 is 69.3 Å². The maximum Gasteiger partial charge on any atom is 0.236 e. The molecule has 2 N–H and O–H groups in total. The maximum atomic E-state index is 12.3. The van der Waals surface area contributed by atoms with Crippen LogP contribution in [0.3, 0.4) is 0 Å². The number of hydrogen-bond donors (Lipinski definition) is 2. The van der Waals surface area contributed by atoms with Gasteiger partial charge in [-0.2, -0.15) is 9.36 Å². The third-order valence-corrected chi connectivity index (χ3v) is 6.41. The number of amides is 2. The van der Waals surface area contributed by atoms with E-state index in [9.17, 15) is 9.59 Å². The quantitative estimate of drug-likeness (QED) is 0.410. The molecule has 1 heterocycles. The molecule has 2 aromatic carbocycles. The van der Waals surface area contributed by atoms with Gasteiger partial charge in [-0.1, -0.05) is 48.5 Å². The summed E-state index contributed by atoms with van der Waals surface area (Å²) >= 11 is 9.96. The van der Waals surface area contributed by atoms with E-state index in [1.807, 2.05) is 43.3 Å². The van der Waals surface area contributed by atoms with Gasteiger partial charge in [0, 0.05) is 27.1 Å². The fraction of sp³-hybridized carbons (Fsp3) is 0.200. The molecule has 2 amide bonds. The molecule has 0 bridgehead atoms. The Balaban J connectivity index is 1.48. The molecule has 0 saturated carbocycles. The van der Waals surface area contributed by atoms with Crippen LogP contribution >= 0.6 is 46.7 Å². The smallest absolute Gasteiger partial charge is 0.236 e. The van der Waals surface area contributed by atoms with Gasteiger partial charge < -0.3 is 5.32 Å². The first-order chi connectivity index (χ1) is 14.5. The SMILES string of the molecule is CCSc1nsc(NC(=O)CSc2cccc(NC(=O)Cc3ccc(Cl)cc3)c2)n1. The highest BCUT2D eigenvalue weighted by Crippen LogP contribution is 2.23. The molecule has 1 aromatic heterocycles. The summed E-state index contributed by atoms with van der Waals surface area (Å²) in [6.45, 7) is 2.02. The molecule has 6 nitrogen and oxygen atoms in total. The van der Waals surface area contributed by atoms with Gasteiger partial charge in [-0.05, 0) is 41.6 Å². The average Bonchev–Trinajstić information content (AvgIpc) is 3.15. The standard InChI is InChI=1S/C20H19ClN4O2S3/c1-2-28-20-24-19(30-25-20)23-18(27)12-29-16-5-3-4-15(11-16)22-17(26)10-13-6-8-14(21)9-7-13/h3-9,11H,2,10,12H2,1H3,(H,22,26)(H,23,24,25,27).